The largest absolute Gasteiger partial charge is 0.480 e. The van der Waals surface area contributed by atoms with E-state index in [4.69, 9.17) is 16.7 Å². The molecule has 2 N–H and O–H groups in total. The summed E-state index contributed by atoms with van der Waals surface area (Å²) in [6, 6.07) is 3.45. The van der Waals surface area contributed by atoms with Gasteiger partial charge in [0.05, 0.1) is 0 Å². The number of benzene rings is 1. The Labute approximate surface area is 91.9 Å². The summed E-state index contributed by atoms with van der Waals surface area (Å²) in [5.74, 6) is -1.37. The second kappa shape index (κ2) is 5.09. The van der Waals surface area contributed by atoms with Crippen LogP contribution in [-0.4, -0.2) is 17.1 Å². The molecule has 0 aliphatic rings. The molecular formula is C10H11ClFNO2. The van der Waals surface area contributed by atoms with Crippen molar-refractivity contribution < 1.29 is 14.3 Å². The predicted octanol–water partition coefficient (Wildman–Crippen LogP) is 2.04. The van der Waals surface area contributed by atoms with Crippen molar-refractivity contribution in [3.8, 4) is 0 Å². The molecule has 0 saturated carbocycles. The fraction of sp³-hybridized carbons (Fsp3) is 0.300. The van der Waals surface area contributed by atoms with E-state index in [1.54, 1.807) is 0 Å². The topological polar surface area (TPSA) is 49.3 Å². The summed E-state index contributed by atoms with van der Waals surface area (Å²) in [6.45, 7) is 1.63. The number of carboxylic acids is 1. The van der Waals surface area contributed by atoms with Gasteiger partial charge in [-0.05, 0) is 25.1 Å². The Morgan fingerprint density at radius 3 is 2.93 bits per heavy atom. The maximum atomic E-state index is 13.2. The van der Waals surface area contributed by atoms with Crippen molar-refractivity contribution in [1.29, 1.82) is 0 Å². The summed E-state index contributed by atoms with van der Waals surface area (Å²) in [5.41, 5.74) is 0.357. The van der Waals surface area contributed by atoms with Gasteiger partial charge in [0, 0.05) is 17.1 Å². The number of hydrogen-bond acceptors (Lipinski definition) is 2. The summed E-state index contributed by atoms with van der Waals surface area (Å²) in [5, 5.41) is 11.7. The van der Waals surface area contributed by atoms with Crippen LogP contribution in [0.4, 0.5) is 4.39 Å². The van der Waals surface area contributed by atoms with Gasteiger partial charge < -0.3 is 10.4 Å². The molecule has 15 heavy (non-hydrogen) atoms. The highest BCUT2D eigenvalue weighted by molar-refractivity contribution is 6.30. The van der Waals surface area contributed by atoms with Gasteiger partial charge in [-0.3, -0.25) is 4.79 Å². The standard InChI is InChI=1S/C10H11ClFNO2/c1-6(10(14)15)13-5-7-4-8(11)2-3-9(7)12/h2-4,6,13H,5H2,1H3,(H,14,15)/t6-/m1/s1. The molecule has 0 heterocycles. The van der Waals surface area contributed by atoms with E-state index in [-0.39, 0.29) is 6.54 Å². The highest BCUT2D eigenvalue weighted by Crippen LogP contribution is 2.14. The fourth-order valence-corrected chi connectivity index (χ4v) is 1.22. The van der Waals surface area contributed by atoms with E-state index in [0.29, 0.717) is 10.6 Å². The minimum Gasteiger partial charge on any atom is -0.480 e. The Morgan fingerprint density at radius 2 is 2.33 bits per heavy atom. The molecular weight excluding hydrogens is 221 g/mol. The van der Waals surface area contributed by atoms with Crippen LogP contribution in [0.3, 0.4) is 0 Å². The SMILES string of the molecule is C[C@@H](NCc1cc(Cl)ccc1F)C(=O)O. The lowest BCUT2D eigenvalue weighted by Crippen LogP contribution is -2.33. The maximum Gasteiger partial charge on any atom is 0.320 e. The molecule has 3 nitrogen and oxygen atoms in total. The molecule has 1 rings (SSSR count). The van der Waals surface area contributed by atoms with Crippen molar-refractivity contribution in [2.24, 2.45) is 0 Å². The first-order valence-electron chi connectivity index (χ1n) is 4.41. The fourth-order valence-electron chi connectivity index (χ4n) is 1.03. The lowest BCUT2D eigenvalue weighted by atomic mass is 10.2. The number of carbonyl (C=O) groups is 1. The summed E-state index contributed by atoms with van der Waals surface area (Å²) in [4.78, 5) is 10.5. The van der Waals surface area contributed by atoms with Crippen molar-refractivity contribution in [3.63, 3.8) is 0 Å². The Kier molecular flexibility index (Phi) is 4.05. The van der Waals surface area contributed by atoms with E-state index in [2.05, 4.69) is 5.32 Å². The molecule has 82 valence electrons. The van der Waals surface area contributed by atoms with Crippen molar-refractivity contribution >= 4 is 17.6 Å². The average Bonchev–Trinajstić information content (AvgIpc) is 2.18. The molecule has 0 saturated heterocycles. The molecule has 1 aromatic rings. The van der Waals surface area contributed by atoms with Gasteiger partial charge in [-0.2, -0.15) is 0 Å². The second-order valence-electron chi connectivity index (χ2n) is 3.18. The Balaban J connectivity index is 2.65. The van der Waals surface area contributed by atoms with Crippen LogP contribution in [0.25, 0.3) is 0 Å². The first-order chi connectivity index (χ1) is 7.00. The highest BCUT2D eigenvalue weighted by Gasteiger charge is 2.10. The van der Waals surface area contributed by atoms with Gasteiger partial charge in [-0.1, -0.05) is 11.6 Å². The minimum atomic E-state index is -0.975. The van der Waals surface area contributed by atoms with E-state index in [0.717, 1.165) is 0 Å². The Hall–Kier alpha value is -1.13. The molecule has 0 unspecified atom stereocenters. The van der Waals surface area contributed by atoms with Gasteiger partial charge in [0.25, 0.3) is 0 Å². The first-order valence-corrected chi connectivity index (χ1v) is 4.78. The smallest absolute Gasteiger partial charge is 0.320 e. The molecule has 0 amide bonds. The number of aliphatic carboxylic acids is 1. The molecule has 0 aliphatic carbocycles. The van der Waals surface area contributed by atoms with Crippen LogP contribution in [-0.2, 0) is 11.3 Å². The highest BCUT2D eigenvalue weighted by atomic mass is 35.5. The monoisotopic (exact) mass is 231 g/mol. The van der Waals surface area contributed by atoms with Gasteiger partial charge in [0.15, 0.2) is 0 Å². The zero-order valence-corrected chi connectivity index (χ0v) is 8.88. The molecule has 0 radical (unpaired) electrons. The van der Waals surface area contributed by atoms with Crippen molar-refractivity contribution in [2.45, 2.75) is 19.5 Å². The summed E-state index contributed by atoms with van der Waals surface area (Å²) in [7, 11) is 0. The predicted molar refractivity (Wildman–Crippen MR) is 55.3 cm³/mol. The van der Waals surface area contributed by atoms with E-state index >= 15 is 0 Å². The van der Waals surface area contributed by atoms with Crippen molar-refractivity contribution in [3.05, 3.63) is 34.6 Å². The van der Waals surface area contributed by atoms with Gasteiger partial charge >= 0.3 is 5.97 Å². The second-order valence-corrected chi connectivity index (χ2v) is 3.61. The first kappa shape index (κ1) is 11.9. The van der Waals surface area contributed by atoms with E-state index < -0.39 is 17.8 Å². The molecule has 0 bridgehead atoms. The minimum absolute atomic E-state index is 0.139. The third kappa shape index (κ3) is 3.49. The summed E-state index contributed by atoms with van der Waals surface area (Å²) >= 11 is 5.68. The normalized spacial score (nSPS) is 12.5. The molecule has 0 aliphatic heterocycles. The molecule has 0 spiro atoms. The van der Waals surface area contributed by atoms with Crippen molar-refractivity contribution in [1.82, 2.24) is 5.32 Å². The van der Waals surface area contributed by atoms with Gasteiger partial charge in [0.2, 0.25) is 0 Å². The Bertz CT molecular complexity index is 370. The van der Waals surface area contributed by atoms with Gasteiger partial charge in [-0.15, -0.1) is 0 Å². The molecule has 0 fully saturated rings. The lowest BCUT2D eigenvalue weighted by Gasteiger charge is -2.09. The Morgan fingerprint density at radius 1 is 1.67 bits per heavy atom. The van der Waals surface area contributed by atoms with Crippen LogP contribution in [0, 0.1) is 5.82 Å². The molecule has 5 heteroatoms. The number of hydrogen-bond donors (Lipinski definition) is 2. The molecule has 1 atom stereocenters. The number of carboxylic acid groups (broad SMARTS) is 1. The number of halogens is 2. The summed E-state index contributed by atoms with van der Waals surface area (Å²) in [6.07, 6.45) is 0. The maximum absolute atomic E-state index is 13.2. The van der Waals surface area contributed by atoms with Gasteiger partial charge in [-0.25, -0.2) is 4.39 Å². The van der Waals surface area contributed by atoms with Crippen LogP contribution in [0.5, 0.6) is 0 Å². The van der Waals surface area contributed by atoms with Crippen LogP contribution in [0.1, 0.15) is 12.5 Å². The van der Waals surface area contributed by atoms with E-state index in [1.807, 2.05) is 0 Å². The number of rotatable bonds is 4. The van der Waals surface area contributed by atoms with Crippen LogP contribution < -0.4 is 5.32 Å². The van der Waals surface area contributed by atoms with E-state index in [9.17, 15) is 9.18 Å². The summed E-state index contributed by atoms with van der Waals surface area (Å²) < 4.78 is 13.2. The van der Waals surface area contributed by atoms with Gasteiger partial charge in [0.1, 0.15) is 11.9 Å². The van der Waals surface area contributed by atoms with Crippen LogP contribution in [0.2, 0.25) is 5.02 Å². The number of nitrogens with one attached hydrogen (secondary N) is 1. The average molecular weight is 232 g/mol. The van der Waals surface area contributed by atoms with Crippen LogP contribution >= 0.6 is 11.6 Å². The quantitative estimate of drug-likeness (QED) is 0.834. The zero-order valence-electron chi connectivity index (χ0n) is 8.13. The lowest BCUT2D eigenvalue weighted by molar-refractivity contribution is -0.139. The van der Waals surface area contributed by atoms with Crippen LogP contribution in [0.15, 0.2) is 18.2 Å². The molecule has 1 aromatic carbocycles. The third-order valence-corrected chi connectivity index (χ3v) is 2.21. The zero-order chi connectivity index (χ0) is 11.4. The van der Waals surface area contributed by atoms with Crippen molar-refractivity contribution in [2.75, 3.05) is 0 Å². The van der Waals surface area contributed by atoms with E-state index in [1.165, 1.54) is 25.1 Å². The molecule has 0 aromatic heterocycles. The third-order valence-electron chi connectivity index (χ3n) is 1.98.